The van der Waals surface area contributed by atoms with Crippen LogP contribution in [0.2, 0.25) is 0 Å². The number of fused-ring (bicyclic) bond motifs is 5. The summed E-state index contributed by atoms with van der Waals surface area (Å²) < 4.78 is 71.5. The van der Waals surface area contributed by atoms with Crippen molar-refractivity contribution in [3.05, 3.63) is 324 Å². The molecule has 0 amide bonds. The van der Waals surface area contributed by atoms with Gasteiger partial charge in [0.2, 0.25) is 28.5 Å². The lowest BCUT2D eigenvalue weighted by Crippen LogP contribution is -2.35. The first-order valence-electron chi connectivity index (χ1n) is 55.8. The molecule has 16 rings (SSSR count). The lowest BCUT2D eigenvalue weighted by molar-refractivity contribution is -0.665. The number of rotatable bonds is 8. The summed E-state index contributed by atoms with van der Waals surface area (Å²) in [5.41, 5.74) is 38.7. The van der Waals surface area contributed by atoms with Gasteiger partial charge in [-0.25, -0.2) is 9.13 Å². The summed E-state index contributed by atoms with van der Waals surface area (Å²) in [6, 6.07) is 63.3. The predicted octanol–water partition coefficient (Wildman–Crippen LogP) is 35.0. The molecule has 1 aliphatic rings. The number of benzene rings is 10. The number of aryl methyl sites for hydroxylation is 3. The maximum absolute atomic E-state index is 8.81. The fourth-order valence-electron chi connectivity index (χ4n) is 20.3. The Kier molecular flexibility index (Phi) is 28.7. The summed E-state index contributed by atoms with van der Waals surface area (Å²) in [7, 11) is 10.1. The maximum Gasteiger partial charge on any atom is 0.220 e. The summed E-state index contributed by atoms with van der Waals surface area (Å²) in [6.45, 7) is 88.7. The Labute approximate surface area is 865 Å². The predicted molar refractivity (Wildman–Crippen MR) is 613 cm³/mol. The van der Waals surface area contributed by atoms with Crippen molar-refractivity contribution >= 4 is 53.9 Å². The van der Waals surface area contributed by atoms with E-state index in [1.165, 1.54) is 171 Å². The van der Waals surface area contributed by atoms with Crippen molar-refractivity contribution in [3.8, 4) is 56.3 Å². The molecule has 0 radical (unpaired) electrons. The monoisotopic (exact) mass is 1890 g/mol. The van der Waals surface area contributed by atoms with Gasteiger partial charge in [-0.3, -0.25) is 0 Å². The van der Waals surface area contributed by atoms with Gasteiger partial charge in [0.25, 0.3) is 0 Å². The van der Waals surface area contributed by atoms with Gasteiger partial charge < -0.3 is 0 Å². The zero-order chi connectivity index (χ0) is 111. The number of hydrogen-bond acceptors (Lipinski definition) is 0. The molecule has 0 atom stereocenters. The van der Waals surface area contributed by atoms with E-state index in [9.17, 15) is 0 Å². The Balaban J connectivity index is 0.000000164. The lowest BCUT2D eigenvalue weighted by atomic mass is 9.76. The summed E-state index contributed by atoms with van der Waals surface area (Å²) in [5, 5.41) is 10.4. The molecule has 5 heterocycles. The number of nitrogens with zero attached hydrogens (tertiary/aromatic N) is 5. The van der Waals surface area contributed by atoms with E-state index in [0.717, 1.165) is 82.5 Å². The Morgan fingerprint density at radius 1 is 0.270 bits per heavy atom. The minimum Gasteiger partial charge on any atom is -0.200 e. The summed E-state index contributed by atoms with van der Waals surface area (Å²) in [4.78, 5) is 0. The van der Waals surface area contributed by atoms with E-state index in [1.54, 1.807) is 0 Å². The fraction of sp³-hybridized carbons (Fsp3) is 0.449. The van der Waals surface area contributed by atoms with Crippen LogP contribution in [0.15, 0.2) is 206 Å². The van der Waals surface area contributed by atoms with E-state index in [4.69, 9.17) is 9.60 Å². The van der Waals surface area contributed by atoms with Gasteiger partial charge >= 0.3 is 0 Å². The normalized spacial score (nSPS) is 14.0. The van der Waals surface area contributed by atoms with E-state index >= 15 is 0 Å². The smallest absolute Gasteiger partial charge is 0.200 e. The van der Waals surface area contributed by atoms with E-state index in [2.05, 4.69) is 476 Å². The molecule has 1 fully saturated rings. The van der Waals surface area contributed by atoms with Crippen LogP contribution in [0.1, 0.15) is 385 Å². The minimum absolute atomic E-state index is 0.000694. The minimum atomic E-state index is -0.0114. The molecular formula is C136H180N5+5. The topological polar surface area (TPSA) is 19.4 Å². The van der Waals surface area contributed by atoms with E-state index in [1.807, 2.05) is 23.2 Å². The zero-order valence-corrected chi connectivity index (χ0v) is 95.9. The van der Waals surface area contributed by atoms with Crippen LogP contribution in [0, 0.1) is 62.3 Å². The quantitative estimate of drug-likeness (QED) is 0.135. The third-order valence-corrected chi connectivity index (χ3v) is 30.4. The lowest BCUT2D eigenvalue weighted by Gasteiger charge is -2.28. The second-order valence-electron chi connectivity index (χ2n) is 51.5. The molecule has 10 aromatic carbocycles. The maximum atomic E-state index is 8.81. The van der Waals surface area contributed by atoms with Crippen molar-refractivity contribution in [3.63, 3.8) is 0 Å². The van der Waals surface area contributed by atoms with Crippen molar-refractivity contribution in [2.45, 2.75) is 369 Å². The highest BCUT2D eigenvalue weighted by atomic mass is 15.0. The van der Waals surface area contributed by atoms with Gasteiger partial charge in [-0.1, -0.05) is 331 Å². The molecule has 0 bridgehead atoms. The Hall–Kier alpha value is -10.8. The summed E-state index contributed by atoms with van der Waals surface area (Å²) in [5.74, 6) is 1.56. The SMILES string of the molecule is [2H]c1c(C)[n+](C)c(-c2cc(C(C)(C)C)cc(C)c2C)c2ccc(C(C)(C)C)cc12.[2H]c1c(C)[n+](C)c(-c2cc(C(C)(C)C)ccc2C)c2ccc(C(C)(C)C)cc12.[2H]c1c(C)[n+](C)c(-c2cc(C3CCCC3)ccc2C)c2ccc(C(C)(C)C)cc12.[2H]c1c([2H])[n+](C)c(-c2cc(C(C)(C)C)cc(C(C)(C)C)c2C)c2ccc(C(C)(C)C)cc12.[2H]c1c([2H])[n+](C)c(-c2cc(C(C)C)cc(C(C)C)c2C)c2ccc(C(C)(C)C)cc12. The zero-order valence-electron chi connectivity index (χ0n) is 103. The van der Waals surface area contributed by atoms with Gasteiger partial charge in [-0.05, 0) is 309 Å². The van der Waals surface area contributed by atoms with Crippen LogP contribution >= 0.6 is 0 Å². The van der Waals surface area contributed by atoms with E-state index < -0.39 is 0 Å². The van der Waals surface area contributed by atoms with Crippen LogP contribution in [-0.4, -0.2) is 0 Å². The second kappa shape index (κ2) is 40.8. The van der Waals surface area contributed by atoms with E-state index in [0.29, 0.717) is 41.9 Å². The molecule has 744 valence electrons. The fourth-order valence-corrected chi connectivity index (χ4v) is 20.3. The molecule has 5 heteroatoms. The van der Waals surface area contributed by atoms with Crippen LogP contribution in [0.3, 0.4) is 0 Å². The third-order valence-electron chi connectivity index (χ3n) is 30.4. The largest absolute Gasteiger partial charge is 0.220 e. The summed E-state index contributed by atoms with van der Waals surface area (Å²) >= 11 is 0. The molecule has 1 saturated carbocycles. The van der Waals surface area contributed by atoms with Crippen LogP contribution in [0.4, 0.5) is 0 Å². The van der Waals surface area contributed by atoms with Crippen molar-refractivity contribution in [2.24, 2.45) is 35.2 Å². The van der Waals surface area contributed by atoms with Gasteiger partial charge in [0.05, 0.1) is 56.0 Å². The molecule has 0 N–H and O–H groups in total. The highest BCUT2D eigenvalue weighted by Gasteiger charge is 2.34. The Bertz CT molecular complexity index is 7670. The van der Waals surface area contributed by atoms with Gasteiger partial charge in [-0.15, -0.1) is 0 Å². The van der Waals surface area contributed by atoms with Crippen molar-refractivity contribution in [2.75, 3.05) is 0 Å². The third kappa shape index (κ3) is 24.0. The average molecular weight is 1890 g/mol. The molecule has 0 spiro atoms. The van der Waals surface area contributed by atoms with Crippen molar-refractivity contribution in [1.82, 2.24) is 0 Å². The highest BCUT2D eigenvalue weighted by molar-refractivity contribution is 5.99. The Morgan fingerprint density at radius 3 is 0.915 bits per heavy atom. The molecule has 5 aromatic heterocycles. The number of hydrogen-bond donors (Lipinski definition) is 0. The first-order chi connectivity index (χ1) is 68.0. The number of pyridine rings is 5. The second-order valence-corrected chi connectivity index (χ2v) is 51.5. The first kappa shape index (κ1) is 99.0. The van der Waals surface area contributed by atoms with Crippen LogP contribution in [0.25, 0.3) is 110 Å². The molecular weight excluding hydrogens is 1700 g/mol. The van der Waals surface area contributed by atoms with Crippen LogP contribution < -0.4 is 22.8 Å². The van der Waals surface area contributed by atoms with Crippen molar-refractivity contribution in [1.29, 1.82) is 0 Å². The number of aromatic nitrogens is 5. The van der Waals surface area contributed by atoms with Crippen LogP contribution in [-0.2, 0) is 84.0 Å². The molecule has 15 aromatic rings. The van der Waals surface area contributed by atoms with E-state index in [-0.39, 0.29) is 67.1 Å². The standard InChI is InChI=1S/C29H40N.C27H34N.2C27H36N.C26H34N/c1-19-24(17-22(28(5,6)7)18-25(19)29(8,9)10)26-23-13-12-21(27(2,3)4)16-20(23)14-15-30(26)11;1-18-11-12-21(20-9-7-8-10-20)17-25(18)26-24-14-13-23(27(3,4)5)16-22(24)15-19(2)28(26)6;1-17-13-22(27(7,8)9)16-24(19(17)3)25-23-12-11-21(26(4,5)6)15-20(23)14-18(2)28(25)10;1-17(2)21-15-24(18(3)4)19(5)25(16-21)26-23-11-10-22(27(6,7)8)14-20(23)12-13-28(26)9;1-17-10-11-21(26(6,7)8)16-23(17)24-22-13-12-20(25(3,4)5)15-19(22)14-18(2)27(24)9/h12-18H,1-11H3;11-17,20H,7-10H2,1-6H3;11-16H,1-10H3;10-18H,1-9H3;10-16H,1-9H3/q5*+1/i14D,15D;15D;14D;12D,13D;14D. The van der Waals surface area contributed by atoms with Gasteiger partial charge in [-0.2, -0.15) is 13.7 Å². The molecule has 141 heavy (non-hydrogen) atoms. The molecule has 1 aliphatic carbocycles. The Morgan fingerprint density at radius 2 is 0.567 bits per heavy atom. The molecule has 0 unspecified atom stereocenters. The van der Waals surface area contributed by atoms with Gasteiger partial charge in [0.1, 0.15) is 38.0 Å². The molecule has 0 aliphatic heterocycles. The van der Waals surface area contributed by atoms with Crippen molar-refractivity contribution < 1.29 is 32.4 Å². The average Bonchev–Trinajstić information content (AvgIpc) is 0.850. The summed E-state index contributed by atoms with van der Waals surface area (Å²) in [6.07, 6.45) is 5.84. The first-order valence-corrected chi connectivity index (χ1v) is 52.3. The van der Waals surface area contributed by atoms with Crippen LogP contribution in [0.5, 0.6) is 0 Å². The molecule has 0 saturated heterocycles. The molecule has 5 nitrogen and oxygen atoms in total. The van der Waals surface area contributed by atoms with Gasteiger partial charge in [0.15, 0.2) is 29.4 Å². The van der Waals surface area contributed by atoms with Gasteiger partial charge in [0, 0.05) is 56.5 Å². The highest BCUT2D eigenvalue weighted by Crippen LogP contribution is 2.46.